The minimum absolute atomic E-state index is 0.916. The second-order valence-corrected chi connectivity index (χ2v) is 4.34. The maximum atomic E-state index is 4.35. The van der Waals surface area contributed by atoms with E-state index >= 15 is 0 Å². The summed E-state index contributed by atoms with van der Waals surface area (Å²) in [6.07, 6.45) is 4.92. The lowest BCUT2D eigenvalue weighted by molar-refractivity contribution is 0.934. The summed E-state index contributed by atoms with van der Waals surface area (Å²) in [5.74, 6) is 0.916. The summed E-state index contributed by atoms with van der Waals surface area (Å²) in [6, 6.07) is 6.47. The van der Waals surface area contributed by atoms with Gasteiger partial charge in [-0.1, -0.05) is 24.6 Å². The molecular formula is C14H19N3. The molecule has 0 bridgehead atoms. The van der Waals surface area contributed by atoms with Gasteiger partial charge in [0, 0.05) is 18.9 Å². The average molecular weight is 229 g/mol. The first-order valence-electron chi connectivity index (χ1n) is 6.07. The molecule has 0 spiro atoms. The Kier molecular flexibility index (Phi) is 3.47. The highest BCUT2D eigenvalue weighted by atomic mass is 15.2. The van der Waals surface area contributed by atoms with Gasteiger partial charge in [-0.3, -0.25) is 4.57 Å². The lowest BCUT2D eigenvalue weighted by Crippen LogP contribution is -2.07. The van der Waals surface area contributed by atoms with E-state index in [0.29, 0.717) is 0 Å². The van der Waals surface area contributed by atoms with Crippen molar-refractivity contribution in [3.05, 3.63) is 41.7 Å². The fraction of sp³-hybridized carbons (Fsp3) is 0.357. The summed E-state index contributed by atoms with van der Waals surface area (Å²) < 4.78 is 2.10. The van der Waals surface area contributed by atoms with E-state index in [2.05, 4.69) is 53.8 Å². The molecule has 1 heterocycles. The molecule has 1 N–H and O–H groups in total. The number of nitrogens with zero attached hydrogens (tertiary/aromatic N) is 2. The van der Waals surface area contributed by atoms with Crippen molar-refractivity contribution in [3.63, 3.8) is 0 Å². The maximum absolute atomic E-state index is 4.35. The van der Waals surface area contributed by atoms with E-state index in [1.54, 1.807) is 0 Å². The molecule has 2 aromatic rings. The Hall–Kier alpha value is -1.77. The fourth-order valence-electron chi connectivity index (χ4n) is 1.94. The predicted molar refractivity (Wildman–Crippen MR) is 71.8 cm³/mol. The predicted octanol–water partition coefficient (Wildman–Crippen LogP) is 3.31. The third-order valence-corrected chi connectivity index (χ3v) is 2.79. The van der Waals surface area contributed by atoms with Gasteiger partial charge in [0.25, 0.3) is 0 Å². The van der Waals surface area contributed by atoms with E-state index in [-0.39, 0.29) is 0 Å². The Morgan fingerprint density at radius 2 is 2.12 bits per heavy atom. The van der Waals surface area contributed by atoms with E-state index in [9.17, 15) is 0 Å². The molecule has 3 heteroatoms. The Labute approximate surface area is 103 Å². The first-order valence-corrected chi connectivity index (χ1v) is 6.07. The van der Waals surface area contributed by atoms with Crippen LogP contribution in [0.1, 0.15) is 24.5 Å². The molecule has 1 aromatic heterocycles. The molecule has 0 fully saturated rings. The van der Waals surface area contributed by atoms with Gasteiger partial charge in [0.2, 0.25) is 5.95 Å². The molecule has 0 atom stereocenters. The second-order valence-electron chi connectivity index (χ2n) is 4.34. The molecule has 0 aliphatic rings. The molecule has 17 heavy (non-hydrogen) atoms. The van der Waals surface area contributed by atoms with Gasteiger partial charge in [-0.2, -0.15) is 0 Å². The zero-order valence-electron chi connectivity index (χ0n) is 10.7. The quantitative estimate of drug-likeness (QED) is 0.871. The Balaban J connectivity index is 2.35. The van der Waals surface area contributed by atoms with Gasteiger partial charge in [-0.05, 0) is 31.9 Å². The van der Waals surface area contributed by atoms with Crippen LogP contribution in [0.5, 0.6) is 0 Å². The fourth-order valence-corrected chi connectivity index (χ4v) is 1.94. The molecule has 0 aliphatic heterocycles. The molecule has 2 rings (SSSR count). The highest BCUT2D eigenvalue weighted by Crippen LogP contribution is 2.19. The number of benzene rings is 1. The van der Waals surface area contributed by atoms with Crippen molar-refractivity contribution in [3.8, 4) is 5.69 Å². The average Bonchev–Trinajstić information content (AvgIpc) is 2.74. The Morgan fingerprint density at radius 1 is 1.29 bits per heavy atom. The minimum Gasteiger partial charge on any atom is -0.355 e. The number of rotatable bonds is 4. The van der Waals surface area contributed by atoms with E-state index in [0.717, 1.165) is 18.9 Å². The van der Waals surface area contributed by atoms with Crippen molar-refractivity contribution < 1.29 is 0 Å². The molecule has 3 nitrogen and oxygen atoms in total. The van der Waals surface area contributed by atoms with E-state index in [4.69, 9.17) is 0 Å². The van der Waals surface area contributed by atoms with Gasteiger partial charge in [-0.15, -0.1) is 0 Å². The summed E-state index contributed by atoms with van der Waals surface area (Å²) in [6.45, 7) is 7.34. The van der Waals surface area contributed by atoms with Crippen LogP contribution in [-0.4, -0.2) is 16.1 Å². The molecule has 0 amide bonds. The van der Waals surface area contributed by atoms with E-state index < -0.39 is 0 Å². The number of hydrogen-bond acceptors (Lipinski definition) is 2. The highest BCUT2D eigenvalue weighted by Gasteiger charge is 2.06. The first-order chi connectivity index (χ1) is 8.22. The zero-order valence-corrected chi connectivity index (χ0v) is 10.7. The molecule has 1 aromatic carbocycles. The van der Waals surface area contributed by atoms with Gasteiger partial charge in [0.05, 0.1) is 5.69 Å². The second kappa shape index (κ2) is 5.04. The SMILES string of the molecule is CCCNc1nccn1-c1ccc(C)cc1C. The smallest absolute Gasteiger partial charge is 0.207 e. The Bertz CT molecular complexity index is 500. The van der Waals surface area contributed by atoms with Crippen LogP contribution in [0.2, 0.25) is 0 Å². The number of aryl methyl sites for hydroxylation is 2. The summed E-state index contributed by atoms with van der Waals surface area (Å²) in [4.78, 5) is 4.35. The van der Waals surface area contributed by atoms with Crippen LogP contribution < -0.4 is 5.32 Å². The summed E-state index contributed by atoms with van der Waals surface area (Å²) in [7, 11) is 0. The molecular weight excluding hydrogens is 210 g/mol. The van der Waals surface area contributed by atoms with Crippen LogP contribution in [0.25, 0.3) is 5.69 Å². The molecule has 0 aliphatic carbocycles. The number of anilines is 1. The van der Waals surface area contributed by atoms with Crippen LogP contribution >= 0.6 is 0 Å². The summed E-state index contributed by atoms with van der Waals surface area (Å²) in [5.41, 5.74) is 3.74. The molecule has 0 unspecified atom stereocenters. The van der Waals surface area contributed by atoms with Crippen molar-refractivity contribution in [2.75, 3.05) is 11.9 Å². The number of hydrogen-bond donors (Lipinski definition) is 1. The molecule has 0 saturated carbocycles. The van der Waals surface area contributed by atoms with Crippen molar-refractivity contribution >= 4 is 5.95 Å². The van der Waals surface area contributed by atoms with Gasteiger partial charge >= 0.3 is 0 Å². The number of imidazole rings is 1. The van der Waals surface area contributed by atoms with Gasteiger partial charge in [-0.25, -0.2) is 4.98 Å². The minimum atomic E-state index is 0.916. The van der Waals surface area contributed by atoms with E-state index in [1.165, 1.54) is 16.8 Å². The normalized spacial score (nSPS) is 10.5. The third kappa shape index (κ3) is 2.49. The van der Waals surface area contributed by atoms with Crippen molar-refractivity contribution in [2.24, 2.45) is 0 Å². The summed E-state index contributed by atoms with van der Waals surface area (Å²) >= 11 is 0. The van der Waals surface area contributed by atoms with Crippen LogP contribution in [0.4, 0.5) is 5.95 Å². The lowest BCUT2D eigenvalue weighted by atomic mass is 10.1. The van der Waals surface area contributed by atoms with E-state index in [1.807, 2.05) is 12.4 Å². The maximum Gasteiger partial charge on any atom is 0.207 e. The number of nitrogens with one attached hydrogen (secondary N) is 1. The van der Waals surface area contributed by atoms with Crippen LogP contribution in [0.15, 0.2) is 30.6 Å². The Morgan fingerprint density at radius 3 is 2.82 bits per heavy atom. The monoisotopic (exact) mass is 229 g/mol. The molecule has 0 saturated heterocycles. The molecule has 90 valence electrons. The zero-order chi connectivity index (χ0) is 12.3. The van der Waals surface area contributed by atoms with Gasteiger partial charge in [0.1, 0.15) is 0 Å². The van der Waals surface area contributed by atoms with Crippen molar-refractivity contribution in [2.45, 2.75) is 27.2 Å². The van der Waals surface area contributed by atoms with Crippen molar-refractivity contribution in [1.82, 2.24) is 9.55 Å². The largest absolute Gasteiger partial charge is 0.355 e. The third-order valence-electron chi connectivity index (χ3n) is 2.79. The first kappa shape index (κ1) is 11.7. The topological polar surface area (TPSA) is 29.9 Å². The standard InChI is InChI=1S/C14H19N3/c1-4-7-15-14-16-8-9-17(14)13-6-5-11(2)10-12(13)3/h5-6,8-10H,4,7H2,1-3H3,(H,15,16). The van der Waals surface area contributed by atoms with Gasteiger partial charge < -0.3 is 5.32 Å². The van der Waals surface area contributed by atoms with Crippen LogP contribution in [0, 0.1) is 13.8 Å². The summed E-state index contributed by atoms with van der Waals surface area (Å²) in [5, 5.41) is 3.34. The van der Waals surface area contributed by atoms with Crippen molar-refractivity contribution in [1.29, 1.82) is 0 Å². The number of aromatic nitrogens is 2. The van der Waals surface area contributed by atoms with Crippen LogP contribution in [0.3, 0.4) is 0 Å². The van der Waals surface area contributed by atoms with Crippen LogP contribution in [-0.2, 0) is 0 Å². The molecule has 0 radical (unpaired) electrons. The lowest BCUT2D eigenvalue weighted by Gasteiger charge is -2.12. The highest BCUT2D eigenvalue weighted by molar-refractivity contribution is 5.48. The van der Waals surface area contributed by atoms with Gasteiger partial charge in [0.15, 0.2) is 0 Å².